The molecule has 0 amide bonds. The van der Waals surface area contributed by atoms with Gasteiger partial charge in [0.05, 0.1) is 6.10 Å². The van der Waals surface area contributed by atoms with Gasteiger partial charge in [-0.05, 0) is 39.1 Å². The van der Waals surface area contributed by atoms with Crippen LogP contribution in [-0.4, -0.2) is 42.0 Å². The number of rotatable bonds is 8. The van der Waals surface area contributed by atoms with Gasteiger partial charge < -0.3 is 10.0 Å². The summed E-state index contributed by atoms with van der Waals surface area (Å²) < 4.78 is 0. The molecule has 0 bridgehead atoms. The summed E-state index contributed by atoms with van der Waals surface area (Å²) in [5.41, 5.74) is 0. The molecule has 0 heterocycles. The predicted molar refractivity (Wildman–Crippen MR) is 61.5 cm³/mol. The SMILES string of the molecule is CC(O)CN(C)CCCCCCS. The summed E-state index contributed by atoms with van der Waals surface area (Å²) in [5, 5.41) is 9.11. The molecule has 3 heteroatoms. The van der Waals surface area contributed by atoms with Gasteiger partial charge in [0.1, 0.15) is 0 Å². The van der Waals surface area contributed by atoms with E-state index in [1.807, 2.05) is 6.92 Å². The van der Waals surface area contributed by atoms with E-state index in [0.717, 1.165) is 18.8 Å². The Morgan fingerprint density at radius 1 is 1.23 bits per heavy atom. The van der Waals surface area contributed by atoms with Gasteiger partial charge in [-0.25, -0.2) is 0 Å². The first-order valence-electron chi connectivity index (χ1n) is 5.14. The molecule has 0 aromatic heterocycles. The van der Waals surface area contributed by atoms with Crippen molar-refractivity contribution in [3.63, 3.8) is 0 Å². The molecule has 1 atom stereocenters. The highest BCUT2D eigenvalue weighted by Crippen LogP contribution is 2.02. The second-order valence-electron chi connectivity index (χ2n) is 3.75. The highest BCUT2D eigenvalue weighted by atomic mass is 32.1. The summed E-state index contributed by atoms with van der Waals surface area (Å²) in [4.78, 5) is 2.19. The number of aliphatic hydroxyl groups excluding tert-OH is 1. The molecule has 0 aromatic carbocycles. The molecule has 0 spiro atoms. The Balaban J connectivity index is 3.12. The Kier molecular flexibility index (Phi) is 9.03. The maximum atomic E-state index is 9.11. The number of hydrogen-bond donors (Lipinski definition) is 2. The third-order valence-electron chi connectivity index (χ3n) is 2.02. The van der Waals surface area contributed by atoms with Gasteiger partial charge in [-0.1, -0.05) is 12.8 Å². The van der Waals surface area contributed by atoms with Crippen LogP contribution in [0.15, 0.2) is 0 Å². The first-order chi connectivity index (χ1) is 6.16. The van der Waals surface area contributed by atoms with Crippen LogP contribution in [0, 0.1) is 0 Å². The molecular formula is C10H23NOS. The highest BCUT2D eigenvalue weighted by molar-refractivity contribution is 7.80. The van der Waals surface area contributed by atoms with Crippen LogP contribution in [0.4, 0.5) is 0 Å². The van der Waals surface area contributed by atoms with Crippen molar-refractivity contribution in [2.24, 2.45) is 0 Å². The zero-order valence-electron chi connectivity index (χ0n) is 8.87. The molecule has 0 aliphatic heterocycles. The predicted octanol–water partition coefficient (Wildman–Crippen LogP) is 1.79. The minimum Gasteiger partial charge on any atom is -0.392 e. The smallest absolute Gasteiger partial charge is 0.0638 e. The van der Waals surface area contributed by atoms with E-state index >= 15 is 0 Å². The number of aliphatic hydroxyl groups is 1. The number of nitrogens with zero attached hydrogens (tertiary/aromatic N) is 1. The van der Waals surface area contributed by atoms with Crippen molar-refractivity contribution in [3.05, 3.63) is 0 Å². The van der Waals surface area contributed by atoms with Gasteiger partial charge in [0.25, 0.3) is 0 Å². The lowest BCUT2D eigenvalue weighted by atomic mass is 10.2. The average Bonchev–Trinajstić information content (AvgIpc) is 2.02. The van der Waals surface area contributed by atoms with E-state index in [4.69, 9.17) is 5.11 Å². The number of thiol groups is 1. The Morgan fingerprint density at radius 2 is 1.85 bits per heavy atom. The number of likely N-dealkylation sites (N-methyl/N-ethyl adjacent to an activating group) is 1. The summed E-state index contributed by atoms with van der Waals surface area (Å²) in [6, 6.07) is 0. The summed E-state index contributed by atoms with van der Waals surface area (Å²) in [6.45, 7) is 3.71. The van der Waals surface area contributed by atoms with Crippen LogP contribution < -0.4 is 0 Å². The van der Waals surface area contributed by atoms with Gasteiger partial charge in [0.15, 0.2) is 0 Å². The molecule has 13 heavy (non-hydrogen) atoms. The fraction of sp³-hybridized carbons (Fsp3) is 1.00. The largest absolute Gasteiger partial charge is 0.392 e. The van der Waals surface area contributed by atoms with Crippen molar-refractivity contribution in [2.75, 3.05) is 25.9 Å². The molecule has 0 radical (unpaired) electrons. The Morgan fingerprint density at radius 3 is 2.38 bits per heavy atom. The van der Waals surface area contributed by atoms with Crippen LogP contribution >= 0.6 is 12.6 Å². The van der Waals surface area contributed by atoms with E-state index in [0.29, 0.717) is 0 Å². The van der Waals surface area contributed by atoms with Crippen molar-refractivity contribution >= 4 is 12.6 Å². The minimum atomic E-state index is -0.206. The molecule has 2 nitrogen and oxygen atoms in total. The van der Waals surface area contributed by atoms with Crippen molar-refractivity contribution in [1.29, 1.82) is 0 Å². The lowest BCUT2D eigenvalue weighted by Crippen LogP contribution is -2.28. The molecule has 0 aliphatic rings. The molecular weight excluding hydrogens is 182 g/mol. The molecule has 0 aromatic rings. The van der Waals surface area contributed by atoms with Gasteiger partial charge in [-0.3, -0.25) is 0 Å². The fourth-order valence-electron chi connectivity index (χ4n) is 1.39. The molecule has 0 fully saturated rings. The van der Waals surface area contributed by atoms with Crippen LogP contribution in [0.1, 0.15) is 32.6 Å². The monoisotopic (exact) mass is 205 g/mol. The summed E-state index contributed by atoms with van der Waals surface area (Å²) in [6.07, 6.45) is 4.82. The molecule has 1 N–H and O–H groups in total. The first kappa shape index (κ1) is 13.3. The van der Waals surface area contributed by atoms with Crippen molar-refractivity contribution in [2.45, 2.75) is 38.7 Å². The summed E-state index contributed by atoms with van der Waals surface area (Å²) >= 11 is 4.17. The topological polar surface area (TPSA) is 23.5 Å². The van der Waals surface area contributed by atoms with Gasteiger partial charge in [-0.2, -0.15) is 12.6 Å². The molecule has 0 saturated heterocycles. The van der Waals surface area contributed by atoms with Crippen LogP contribution in [-0.2, 0) is 0 Å². The summed E-state index contributed by atoms with van der Waals surface area (Å²) in [7, 11) is 2.06. The number of hydrogen-bond acceptors (Lipinski definition) is 3. The van der Waals surface area contributed by atoms with E-state index in [-0.39, 0.29) is 6.10 Å². The minimum absolute atomic E-state index is 0.206. The van der Waals surface area contributed by atoms with Crippen molar-refractivity contribution < 1.29 is 5.11 Å². The lowest BCUT2D eigenvalue weighted by molar-refractivity contribution is 0.140. The zero-order chi connectivity index (χ0) is 10.1. The zero-order valence-corrected chi connectivity index (χ0v) is 9.76. The average molecular weight is 205 g/mol. The maximum Gasteiger partial charge on any atom is 0.0638 e. The lowest BCUT2D eigenvalue weighted by Gasteiger charge is -2.17. The van der Waals surface area contributed by atoms with Gasteiger partial charge in [-0.15, -0.1) is 0 Å². The molecule has 0 saturated carbocycles. The van der Waals surface area contributed by atoms with Gasteiger partial charge in [0.2, 0.25) is 0 Å². The molecule has 0 aliphatic carbocycles. The number of unbranched alkanes of at least 4 members (excludes halogenated alkanes) is 3. The van der Waals surface area contributed by atoms with Crippen molar-refractivity contribution in [1.82, 2.24) is 4.90 Å². The van der Waals surface area contributed by atoms with Crippen LogP contribution in [0.3, 0.4) is 0 Å². The Bertz CT molecular complexity index is 109. The first-order valence-corrected chi connectivity index (χ1v) is 5.77. The molecule has 0 rings (SSSR count). The second-order valence-corrected chi connectivity index (χ2v) is 4.20. The third kappa shape index (κ3) is 10.2. The van der Waals surface area contributed by atoms with E-state index < -0.39 is 0 Å². The molecule has 80 valence electrons. The summed E-state index contributed by atoms with van der Waals surface area (Å²) in [5.74, 6) is 1.00. The highest BCUT2D eigenvalue weighted by Gasteiger charge is 2.01. The third-order valence-corrected chi connectivity index (χ3v) is 2.34. The Labute approximate surface area is 87.7 Å². The maximum absolute atomic E-state index is 9.11. The van der Waals surface area contributed by atoms with E-state index in [9.17, 15) is 0 Å². The standard InChI is InChI=1S/C10H23NOS/c1-10(12)9-11(2)7-5-3-4-6-8-13/h10,12-13H,3-9H2,1-2H3. The second kappa shape index (κ2) is 8.85. The normalized spacial score (nSPS) is 13.6. The van der Waals surface area contributed by atoms with Crippen LogP contribution in [0.2, 0.25) is 0 Å². The van der Waals surface area contributed by atoms with E-state index in [1.165, 1.54) is 25.7 Å². The van der Waals surface area contributed by atoms with E-state index in [2.05, 4.69) is 24.6 Å². The van der Waals surface area contributed by atoms with Crippen LogP contribution in [0.25, 0.3) is 0 Å². The van der Waals surface area contributed by atoms with Crippen molar-refractivity contribution in [3.8, 4) is 0 Å². The quantitative estimate of drug-likeness (QED) is 0.466. The molecule has 1 unspecified atom stereocenters. The fourth-order valence-corrected chi connectivity index (χ4v) is 1.61. The van der Waals surface area contributed by atoms with E-state index in [1.54, 1.807) is 0 Å². The van der Waals surface area contributed by atoms with Gasteiger partial charge >= 0.3 is 0 Å². The van der Waals surface area contributed by atoms with Gasteiger partial charge in [0, 0.05) is 6.54 Å². The Hall–Kier alpha value is 0.270. The van der Waals surface area contributed by atoms with Crippen LogP contribution in [0.5, 0.6) is 0 Å².